The molecule has 0 amide bonds. The molecule has 0 spiro atoms. The number of aromatic amines is 2. The van der Waals surface area contributed by atoms with E-state index in [9.17, 15) is 19.1 Å². The van der Waals surface area contributed by atoms with Crippen molar-refractivity contribution in [2.45, 2.75) is 6.54 Å². The molecule has 10 heteroatoms. The fraction of sp³-hybridized carbons (Fsp3) is 0.0417. The minimum Gasteiger partial charge on any atom is -0.477 e. The van der Waals surface area contributed by atoms with E-state index in [4.69, 9.17) is 10.2 Å². The van der Waals surface area contributed by atoms with Gasteiger partial charge >= 0.3 is 5.97 Å². The summed E-state index contributed by atoms with van der Waals surface area (Å²) >= 11 is 0. The van der Waals surface area contributed by atoms with Crippen molar-refractivity contribution in [3.05, 3.63) is 82.4 Å². The second-order valence-corrected chi connectivity index (χ2v) is 7.93. The number of halogens is 1. The average molecular weight is 457 g/mol. The van der Waals surface area contributed by atoms with Gasteiger partial charge in [-0.3, -0.25) is 9.89 Å². The Morgan fingerprint density at radius 1 is 1.21 bits per heavy atom. The molecule has 0 radical (unpaired) electrons. The number of nitrogen functional groups attached to an aromatic ring is 1. The van der Waals surface area contributed by atoms with Crippen molar-refractivity contribution in [3.63, 3.8) is 0 Å². The Morgan fingerprint density at radius 2 is 2.06 bits per heavy atom. The predicted octanol–water partition coefficient (Wildman–Crippen LogP) is 4.09. The summed E-state index contributed by atoms with van der Waals surface area (Å²) in [5.41, 5.74) is 7.51. The lowest BCUT2D eigenvalue weighted by Gasteiger charge is -2.10. The molecule has 0 aliphatic heterocycles. The van der Waals surface area contributed by atoms with Gasteiger partial charge in [-0.15, -0.1) is 0 Å². The van der Waals surface area contributed by atoms with Crippen molar-refractivity contribution in [1.82, 2.24) is 19.7 Å². The Hall–Kier alpha value is -4.86. The van der Waals surface area contributed by atoms with Gasteiger partial charge in [0.15, 0.2) is 5.82 Å². The number of carboxylic acid groups (broad SMARTS) is 1. The maximum absolute atomic E-state index is 15.0. The van der Waals surface area contributed by atoms with E-state index in [1.807, 2.05) is 0 Å². The summed E-state index contributed by atoms with van der Waals surface area (Å²) < 4.78 is 22.1. The number of benzene rings is 2. The summed E-state index contributed by atoms with van der Waals surface area (Å²) in [4.78, 5) is 27.9. The number of carboxylic acids is 1. The standard InChI is InChI=1S/C24H16FN5O4/c25-15-9-17-19(21-12(15)5-7-34-21)18(13-2-1-6-27-23(13)31)20(24(32)33)30(17)10-11-3-4-16-14(8-11)22(26)29-28-16/h1-9H,10H2,(H,27,31)(H,32,33)(H3,26,28,29). The zero-order valence-corrected chi connectivity index (χ0v) is 17.4. The molecule has 2 aromatic carbocycles. The first-order valence-electron chi connectivity index (χ1n) is 10.3. The number of hydrogen-bond donors (Lipinski definition) is 4. The zero-order valence-electron chi connectivity index (χ0n) is 17.4. The summed E-state index contributed by atoms with van der Waals surface area (Å²) in [5, 5.41) is 18.3. The van der Waals surface area contributed by atoms with Gasteiger partial charge in [-0.2, -0.15) is 5.10 Å². The Bertz CT molecular complexity index is 1820. The Kier molecular flexibility index (Phi) is 4.12. The normalized spacial score (nSPS) is 11.7. The van der Waals surface area contributed by atoms with Crippen LogP contribution in [0, 0.1) is 5.82 Å². The molecule has 6 rings (SSSR count). The Balaban J connectivity index is 1.73. The largest absolute Gasteiger partial charge is 0.477 e. The number of aromatic carboxylic acids is 1. The molecular formula is C24H16FN5O4. The smallest absolute Gasteiger partial charge is 0.353 e. The van der Waals surface area contributed by atoms with E-state index in [1.165, 1.54) is 35.2 Å². The molecule has 4 heterocycles. The molecule has 0 unspecified atom stereocenters. The highest BCUT2D eigenvalue weighted by Crippen LogP contribution is 2.40. The quantitative estimate of drug-likeness (QED) is 0.314. The van der Waals surface area contributed by atoms with Crippen LogP contribution in [0.4, 0.5) is 10.2 Å². The van der Waals surface area contributed by atoms with Crippen LogP contribution in [0.1, 0.15) is 16.1 Å². The van der Waals surface area contributed by atoms with Crippen LogP contribution in [0.15, 0.2) is 64.1 Å². The molecule has 34 heavy (non-hydrogen) atoms. The topological polar surface area (TPSA) is 143 Å². The second-order valence-electron chi connectivity index (χ2n) is 7.93. The van der Waals surface area contributed by atoms with Crippen molar-refractivity contribution in [2.24, 2.45) is 0 Å². The highest BCUT2D eigenvalue weighted by Gasteiger charge is 2.28. The molecular weight excluding hydrogens is 441 g/mol. The number of H-pyrrole nitrogens is 2. The van der Waals surface area contributed by atoms with E-state index in [0.717, 1.165) is 5.52 Å². The van der Waals surface area contributed by atoms with Gasteiger partial charge in [0, 0.05) is 23.7 Å². The molecule has 0 bridgehead atoms. The molecule has 0 saturated heterocycles. The van der Waals surface area contributed by atoms with E-state index in [0.29, 0.717) is 22.2 Å². The second kappa shape index (κ2) is 7.07. The lowest BCUT2D eigenvalue weighted by Crippen LogP contribution is -2.13. The Labute approximate surface area is 189 Å². The van der Waals surface area contributed by atoms with Gasteiger partial charge in [0.2, 0.25) is 0 Å². The maximum atomic E-state index is 15.0. The number of carbonyl (C=O) groups is 1. The van der Waals surface area contributed by atoms with Crippen LogP contribution in [0.5, 0.6) is 0 Å². The molecule has 5 N–H and O–H groups in total. The lowest BCUT2D eigenvalue weighted by atomic mass is 10.0. The number of nitrogens with one attached hydrogen (secondary N) is 2. The van der Waals surface area contributed by atoms with Crippen LogP contribution >= 0.6 is 0 Å². The van der Waals surface area contributed by atoms with E-state index in [2.05, 4.69) is 15.2 Å². The molecule has 0 saturated carbocycles. The van der Waals surface area contributed by atoms with E-state index >= 15 is 0 Å². The molecule has 0 fully saturated rings. The number of pyridine rings is 1. The van der Waals surface area contributed by atoms with Crippen molar-refractivity contribution in [1.29, 1.82) is 0 Å². The van der Waals surface area contributed by atoms with E-state index in [1.54, 1.807) is 24.3 Å². The number of furan rings is 1. The highest BCUT2D eigenvalue weighted by molar-refractivity contribution is 6.17. The van der Waals surface area contributed by atoms with Gasteiger partial charge in [-0.25, -0.2) is 9.18 Å². The van der Waals surface area contributed by atoms with Gasteiger partial charge in [0.25, 0.3) is 5.56 Å². The number of nitrogens with zero attached hydrogens (tertiary/aromatic N) is 2. The minimum atomic E-state index is -1.27. The lowest BCUT2D eigenvalue weighted by molar-refractivity contribution is 0.0687. The number of aromatic nitrogens is 4. The summed E-state index contributed by atoms with van der Waals surface area (Å²) in [6, 6.07) is 11.2. The number of anilines is 1. The number of hydrogen-bond acceptors (Lipinski definition) is 5. The molecule has 0 atom stereocenters. The molecule has 0 aliphatic rings. The van der Waals surface area contributed by atoms with Crippen LogP contribution < -0.4 is 11.3 Å². The number of fused-ring (bicyclic) bond motifs is 4. The van der Waals surface area contributed by atoms with E-state index in [-0.39, 0.29) is 39.9 Å². The van der Waals surface area contributed by atoms with Gasteiger partial charge in [0.1, 0.15) is 17.1 Å². The summed E-state index contributed by atoms with van der Waals surface area (Å²) in [5.74, 6) is -1.51. The molecule has 168 valence electrons. The average Bonchev–Trinajstić information content (AvgIpc) is 3.51. The van der Waals surface area contributed by atoms with Gasteiger partial charge in [-0.1, -0.05) is 6.07 Å². The van der Waals surface area contributed by atoms with E-state index < -0.39 is 17.3 Å². The summed E-state index contributed by atoms with van der Waals surface area (Å²) in [6.07, 6.45) is 2.79. The van der Waals surface area contributed by atoms with Crippen molar-refractivity contribution < 1.29 is 18.7 Å². The van der Waals surface area contributed by atoms with Crippen LogP contribution in [0.25, 0.3) is 43.9 Å². The van der Waals surface area contributed by atoms with Gasteiger partial charge < -0.3 is 24.8 Å². The van der Waals surface area contributed by atoms with Crippen molar-refractivity contribution >= 4 is 44.6 Å². The fourth-order valence-corrected chi connectivity index (χ4v) is 4.54. The molecule has 0 aliphatic carbocycles. The SMILES string of the molecule is Nc1n[nH]c2ccc(Cn3c(C(=O)O)c(-c4ccc[nH]c4=O)c4c5occc5c(F)cc43)cc12. The van der Waals surface area contributed by atoms with Crippen LogP contribution in [-0.2, 0) is 6.54 Å². The predicted molar refractivity (Wildman–Crippen MR) is 124 cm³/mol. The first-order valence-corrected chi connectivity index (χ1v) is 10.3. The van der Waals surface area contributed by atoms with Crippen molar-refractivity contribution in [2.75, 3.05) is 5.73 Å². The summed E-state index contributed by atoms with van der Waals surface area (Å²) in [7, 11) is 0. The first-order chi connectivity index (χ1) is 16.4. The monoisotopic (exact) mass is 457 g/mol. The third-order valence-electron chi connectivity index (χ3n) is 6.00. The first kappa shape index (κ1) is 19.8. The third-order valence-corrected chi connectivity index (χ3v) is 6.00. The summed E-state index contributed by atoms with van der Waals surface area (Å²) in [6.45, 7) is 0.0785. The van der Waals surface area contributed by atoms with Gasteiger partial charge in [-0.05, 0) is 42.0 Å². The van der Waals surface area contributed by atoms with Crippen LogP contribution in [-0.4, -0.2) is 30.8 Å². The zero-order chi connectivity index (χ0) is 23.6. The highest BCUT2D eigenvalue weighted by atomic mass is 19.1. The number of rotatable bonds is 4. The number of nitrogens with two attached hydrogens (primary N) is 1. The van der Waals surface area contributed by atoms with Crippen LogP contribution in [0.2, 0.25) is 0 Å². The van der Waals surface area contributed by atoms with Gasteiger partial charge in [0.05, 0.1) is 33.6 Å². The maximum Gasteiger partial charge on any atom is 0.353 e. The Morgan fingerprint density at radius 3 is 2.85 bits per heavy atom. The molecule has 6 aromatic rings. The minimum absolute atomic E-state index is 0.0785. The fourth-order valence-electron chi connectivity index (χ4n) is 4.54. The third kappa shape index (κ3) is 2.75. The molecule has 9 nitrogen and oxygen atoms in total. The van der Waals surface area contributed by atoms with Crippen molar-refractivity contribution in [3.8, 4) is 11.1 Å². The molecule has 4 aromatic heterocycles. The van der Waals surface area contributed by atoms with Crippen LogP contribution in [0.3, 0.4) is 0 Å².